The molecule has 2 heterocycles. The zero-order valence-electron chi connectivity index (χ0n) is 14.1. The molecule has 0 spiro atoms. The van der Waals surface area contributed by atoms with Crippen LogP contribution in [0.15, 0.2) is 11.8 Å². The van der Waals surface area contributed by atoms with Crippen LogP contribution < -0.4 is 5.32 Å². The van der Waals surface area contributed by atoms with E-state index >= 15 is 0 Å². The highest BCUT2D eigenvalue weighted by Crippen LogP contribution is 2.39. The number of alkyl carbamates (subject to hydrolysis) is 1. The third-order valence-electron chi connectivity index (χ3n) is 3.86. The van der Waals surface area contributed by atoms with E-state index in [1.807, 2.05) is 13.8 Å². The van der Waals surface area contributed by atoms with E-state index in [0.717, 1.165) is 5.06 Å². The van der Waals surface area contributed by atoms with Crippen LogP contribution in [-0.2, 0) is 19.4 Å². The molecule has 0 aliphatic carbocycles. The minimum Gasteiger partial charge on any atom is -0.413 e. The van der Waals surface area contributed by atoms with Gasteiger partial charge in [0.05, 0.1) is 12.1 Å². The first kappa shape index (κ1) is 17.2. The Morgan fingerprint density at radius 3 is 2.45 bits per heavy atom. The van der Waals surface area contributed by atoms with Crippen molar-refractivity contribution in [3.63, 3.8) is 0 Å². The van der Waals surface area contributed by atoms with Crippen LogP contribution in [0.4, 0.5) is 4.79 Å². The molecule has 2 aliphatic rings. The van der Waals surface area contributed by atoms with Crippen LogP contribution in [0.2, 0.25) is 0 Å². The molecule has 1 unspecified atom stereocenters. The Kier molecular flexibility index (Phi) is 4.29. The van der Waals surface area contributed by atoms with Gasteiger partial charge < -0.3 is 19.5 Å². The van der Waals surface area contributed by atoms with Crippen molar-refractivity contribution in [1.82, 2.24) is 10.4 Å². The predicted octanol–water partition coefficient (Wildman–Crippen LogP) is 1.97. The molecule has 7 nitrogen and oxygen atoms in total. The van der Waals surface area contributed by atoms with E-state index in [2.05, 4.69) is 5.32 Å². The second kappa shape index (κ2) is 5.49. The van der Waals surface area contributed by atoms with Crippen LogP contribution >= 0.6 is 0 Å². The van der Waals surface area contributed by atoms with Crippen molar-refractivity contribution in [1.29, 1.82) is 0 Å². The number of hydrogen-bond acceptors (Lipinski definition) is 5. The largest absolute Gasteiger partial charge is 0.413 e. The third-order valence-corrected chi connectivity index (χ3v) is 3.86. The molecule has 0 saturated carbocycles. The highest BCUT2D eigenvalue weighted by atomic mass is 16.7. The topological polar surface area (TPSA) is 79.9 Å². The first-order valence-electron chi connectivity index (χ1n) is 7.42. The first-order chi connectivity index (χ1) is 9.94. The Labute approximate surface area is 131 Å². The summed E-state index contributed by atoms with van der Waals surface area (Å²) in [6.45, 7) is 11.4. The molecule has 1 saturated heterocycles. The summed E-state index contributed by atoms with van der Waals surface area (Å²) in [5, 5.41) is 15.8. The number of amides is 1. The van der Waals surface area contributed by atoms with Crippen LogP contribution in [0.3, 0.4) is 0 Å². The molecule has 1 N–H and O–H groups in total. The maximum Gasteiger partial charge on any atom is 0.412 e. The van der Waals surface area contributed by atoms with Crippen LogP contribution in [-0.4, -0.2) is 47.3 Å². The molecule has 22 heavy (non-hydrogen) atoms. The molecular formula is C15H25N2O5. The van der Waals surface area contributed by atoms with Crippen molar-refractivity contribution < 1.29 is 24.2 Å². The van der Waals surface area contributed by atoms with Gasteiger partial charge >= 0.3 is 6.09 Å². The van der Waals surface area contributed by atoms with Gasteiger partial charge in [0, 0.05) is 6.54 Å². The van der Waals surface area contributed by atoms with Crippen molar-refractivity contribution in [3.05, 3.63) is 11.8 Å². The fraction of sp³-hybridized carbons (Fsp3) is 0.800. The molecule has 2 rings (SSSR count). The minimum atomic E-state index is -0.879. The number of carbonyl (C=O) groups is 1. The molecule has 0 aromatic rings. The molecule has 0 aromatic heterocycles. The third kappa shape index (κ3) is 3.43. The summed E-state index contributed by atoms with van der Waals surface area (Å²) in [6, 6.07) is 0. The van der Waals surface area contributed by atoms with Gasteiger partial charge in [-0.25, -0.2) is 4.79 Å². The van der Waals surface area contributed by atoms with Gasteiger partial charge in [0.25, 0.3) is 0 Å². The number of carbonyl (C=O) groups excluding carboxylic acids is 1. The monoisotopic (exact) mass is 313 g/mol. The van der Waals surface area contributed by atoms with E-state index in [9.17, 15) is 10.0 Å². The van der Waals surface area contributed by atoms with Crippen molar-refractivity contribution in [2.75, 3.05) is 13.2 Å². The Morgan fingerprint density at radius 1 is 1.36 bits per heavy atom. The summed E-state index contributed by atoms with van der Waals surface area (Å²) in [7, 11) is 0. The van der Waals surface area contributed by atoms with Gasteiger partial charge in [-0.3, -0.25) is 0 Å². The highest BCUT2D eigenvalue weighted by molar-refractivity contribution is 5.69. The molecule has 1 atom stereocenters. The zero-order chi connectivity index (χ0) is 16.8. The van der Waals surface area contributed by atoms with Crippen LogP contribution in [0.1, 0.15) is 41.5 Å². The predicted molar refractivity (Wildman–Crippen MR) is 78.2 cm³/mol. The molecule has 1 fully saturated rings. The first-order valence-corrected chi connectivity index (χ1v) is 7.42. The molecule has 125 valence electrons. The molecule has 1 amide bonds. The van der Waals surface area contributed by atoms with E-state index in [0.29, 0.717) is 18.9 Å². The second-order valence-electron chi connectivity index (χ2n) is 7.24. The maximum absolute atomic E-state index is 12.2. The number of ether oxygens (including phenoxy) is 3. The van der Waals surface area contributed by atoms with Crippen molar-refractivity contribution in [2.24, 2.45) is 0 Å². The number of hydrogen-bond donors (Lipinski definition) is 1. The van der Waals surface area contributed by atoms with Gasteiger partial charge in [-0.05, 0) is 47.6 Å². The van der Waals surface area contributed by atoms with E-state index in [1.165, 1.54) is 0 Å². The van der Waals surface area contributed by atoms with Crippen molar-refractivity contribution in [3.8, 4) is 0 Å². The van der Waals surface area contributed by atoms with E-state index < -0.39 is 23.0 Å². The lowest BCUT2D eigenvalue weighted by Crippen LogP contribution is -2.47. The van der Waals surface area contributed by atoms with E-state index in [4.69, 9.17) is 14.2 Å². The Morgan fingerprint density at radius 2 is 2.00 bits per heavy atom. The Bertz CT molecular complexity index is 484. The molecular weight excluding hydrogens is 288 g/mol. The fourth-order valence-electron chi connectivity index (χ4n) is 2.73. The molecule has 0 bridgehead atoms. The highest BCUT2D eigenvalue weighted by Gasteiger charge is 2.48. The molecule has 1 radical (unpaired) electrons. The Hall–Kier alpha value is -1.15. The Balaban J connectivity index is 1.88. The average Bonchev–Trinajstić information content (AvgIpc) is 2.79. The van der Waals surface area contributed by atoms with Crippen LogP contribution in [0, 0.1) is 0 Å². The number of nitrogens with one attached hydrogen (secondary N) is 1. The number of nitrogens with zero attached hydrogens (tertiary/aromatic N) is 1. The molecule has 2 aliphatic heterocycles. The maximum atomic E-state index is 12.2. The summed E-state index contributed by atoms with van der Waals surface area (Å²) in [4.78, 5) is 11.9. The van der Waals surface area contributed by atoms with Crippen molar-refractivity contribution in [2.45, 2.75) is 64.5 Å². The normalized spacial score (nSPS) is 29.2. The average molecular weight is 313 g/mol. The van der Waals surface area contributed by atoms with E-state index in [1.54, 1.807) is 33.8 Å². The van der Waals surface area contributed by atoms with Gasteiger partial charge in [-0.15, -0.1) is 10.3 Å². The molecule has 7 heteroatoms. The lowest BCUT2D eigenvalue weighted by molar-refractivity contribution is -0.242. The summed E-state index contributed by atoms with van der Waals surface area (Å²) in [5.74, 6) is -0.270. The fourth-order valence-corrected chi connectivity index (χ4v) is 2.73. The van der Waals surface area contributed by atoms with Gasteiger partial charge in [-0.2, -0.15) is 0 Å². The minimum absolute atomic E-state index is 0.208. The van der Waals surface area contributed by atoms with Gasteiger partial charge in [0.2, 0.25) is 0 Å². The standard InChI is InChI=1S/C15H25N2O5/c1-13(2)7-11(14(3,4)17(13)19)21-12(18)16-8-10-9-20-15(5,6)22-10/h7,10H,8-9H2,1-6H3,(H,16,18). The summed E-state index contributed by atoms with van der Waals surface area (Å²) in [6.07, 6.45) is 0.872. The lowest BCUT2D eigenvalue weighted by atomic mass is 10.1. The number of hydroxylamine groups is 2. The van der Waals surface area contributed by atoms with E-state index in [-0.39, 0.29) is 6.10 Å². The summed E-state index contributed by atoms with van der Waals surface area (Å²) < 4.78 is 16.3. The van der Waals surface area contributed by atoms with Gasteiger partial charge in [-0.1, -0.05) is 0 Å². The quantitative estimate of drug-likeness (QED) is 0.861. The zero-order valence-corrected chi connectivity index (χ0v) is 14.1. The van der Waals surface area contributed by atoms with Gasteiger partial charge in [0.1, 0.15) is 17.4 Å². The van der Waals surface area contributed by atoms with Crippen LogP contribution in [0.5, 0.6) is 0 Å². The lowest BCUT2D eigenvalue weighted by Gasteiger charge is -2.32. The smallest absolute Gasteiger partial charge is 0.412 e. The van der Waals surface area contributed by atoms with Crippen molar-refractivity contribution >= 4 is 6.09 Å². The number of rotatable bonds is 3. The summed E-state index contributed by atoms with van der Waals surface area (Å²) >= 11 is 0. The second-order valence-corrected chi connectivity index (χ2v) is 7.24. The SMILES string of the molecule is CC1(C)OCC(CNC(=O)OC2=CC(C)(C)N([O])C2(C)C)O1. The van der Waals surface area contributed by atoms with Gasteiger partial charge in [0.15, 0.2) is 5.79 Å². The molecule has 0 aromatic carbocycles. The van der Waals surface area contributed by atoms with Crippen LogP contribution in [0.25, 0.3) is 0 Å². The summed E-state index contributed by atoms with van der Waals surface area (Å²) in [5.41, 5.74) is -1.58.